The first-order valence-electron chi connectivity index (χ1n) is 7.06. The van der Waals surface area contributed by atoms with Crippen LogP contribution >= 0.6 is 12.2 Å². The predicted octanol–water partition coefficient (Wildman–Crippen LogP) is 1.57. The van der Waals surface area contributed by atoms with Gasteiger partial charge in [0.15, 0.2) is 11.7 Å². The number of nitriles is 1. The predicted molar refractivity (Wildman–Crippen MR) is 87.9 cm³/mol. The lowest BCUT2D eigenvalue weighted by Crippen LogP contribution is -2.37. The fraction of sp³-hybridized carbons (Fsp3) is 0.400. The van der Waals surface area contributed by atoms with Crippen molar-refractivity contribution in [1.82, 2.24) is 10.7 Å². The molecule has 1 saturated heterocycles. The van der Waals surface area contributed by atoms with Crippen molar-refractivity contribution in [1.29, 1.82) is 5.26 Å². The molecule has 0 saturated carbocycles. The Balaban J connectivity index is 1.69. The summed E-state index contributed by atoms with van der Waals surface area (Å²) < 4.78 is 10.7. The van der Waals surface area contributed by atoms with Gasteiger partial charge in [0.25, 0.3) is 0 Å². The molecule has 7 heteroatoms. The normalized spacial score (nSPS) is 17.1. The number of ether oxygens (including phenoxy) is 2. The Hall–Kier alpha value is -2.17. The van der Waals surface area contributed by atoms with Gasteiger partial charge in [-0.3, -0.25) is 5.43 Å². The van der Waals surface area contributed by atoms with E-state index in [0.717, 1.165) is 25.0 Å². The average Bonchev–Trinajstić information content (AvgIpc) is 3.06. The highest BCUT2D eigenvalue weighted by Crippen LogP contribution is 2.11. The van der Waals surface area contributed by atoms with Crippen molar-refractivity contribution < 1.29 is 9.47 Å². The first-order chi connectivity index (χ1) is 10.8. The van der Waals surface area contributed by atoms with Gasteiger partial charge in [-0.1, -0.05) is 0 Å². The lowest BCUT2D eigenvalue weighted by molar-refractivity contribution is 0.114. The Kier molecular flexibility index (Phi) is 6.61. The van der Waals surface area contributed by atoms with Gasteiger partial charge in [0.05, 0.1) is 12.3 Å². The summed E-state index contributed by atoms with van der Waals surface area (Å²) in [6.45, 7) is 1.57. The molecule has 1 aromatic rings. The molecule has 0 unspecified atom stereocenters. The number of hydrogen-bond donors (Lipinski definition) is 2. The van der Waals surface area contributed by atoms with Gasteiger partial charge in [-0.25, -0.2) is 0 Å². The molecule has 1 aliphatic heterocycles. The molecule has 116 valence electrons. The summed E-state index contributed by atoms with van der Waals surface area (Å²) in [7, 11) is 0. The van der Waals surface area contributed by atoms with Crippen LogP contribution in [0.1, 0.15) is 18.4 Å². The molecule has 0 radical (unpaired) electrons. The summed E-state index contributed by atoms with van der Waals surface area (Å²) in [5, 5.41) is 16.0. The second-order valence-corrected chi connectivity index (χ2v) is 5.14. The van der Waals surface area contributed by atoms with Crippen LogP contribution < -0.4 is 15.5 Å². The van der Waals surface area contributed by atoms with Crippen LogP contribution in [-0.2, 0) is 4.74 Å². The molecular formula is C15H18N4O2S. The van der Waals surface area contributed by atoms with Crippen LogP contribution in [0.25, 0.3) is 0 Å². The first-order valence-corrected chi connectivity index (χ1v) is 7.47. The quantitative estimate of drug-likeness (QED) is 0.471. The van der Waals surface area contributed by atoms with Crippen LogP contribution in [0, 0.1) is 11.3 Å². The fourth-order valence-corrected chi connectivity index (χ4v) is 2.12. The van der Waals surface area contributed by atoms with Crippen molar-refractivity contribution in [2.45, 2.75) is 18.9 Å². The Morgan fingerprint density at radius 2 is 2.32 bits per heavy atom. The Bertz CT molecular complexity index is 548. The monoisotopic (exact) mass is 318 g/mol. The van der Waals surface area contributed by atoms with E-state index in [9.17, 15) is 0 Å². The Morgan fingerprint density at radius 1 is 1.50 bits per heavy atom. The SMILES string of the molecule is N#CCOc1ccc(/C=N\NC(=S)NC[C@H]2CCCO2)cc1. The maximum Gasteiger partial charge on any atom is 0.187 e. The third-order valence-corrected chi connectivity index (χ3v) is 3.31. The molecule has 1 aromatic carbocycles. The molecule has 2 N–H and O–H groups in total. The van der Waals surface area contributed by atoms with Gasteiger partial charge in [-0.2, -0.15) is 10.4 Å². The Labute approximate surface area is 135 Å². The zero-order valence-electron chi connectivity index (χ0n) is 12.1. The van der Waals surface area contributed by atoms with E-state index in [1.165, 1.54) is 0 Å². The van der Waals surface area contributed by atoms with Gasteiger partial charge < -0.3 is 14.8 Å². The minimum Gasteiger partial charge on any atom is -0.479 e. The topological polar surface area (TPSA) is 78.7 Å². The van der Waals surface area contributed by atoms with Crippen LogP contribution in [0.4, 0.5) is 0 Å². The highest BCUT2D eigenvalue weighted by atomic mass is 32.1. The van der Waals surface area contributed by atoms with Crippen molar-refractivity contribution in [3.05, 3.63) is 29.8 Å². The molecule has 0 spiro atoms. The summed E-state index contributed by atoms with van der Waals surface area (Å²) in [5.41, 5.74) is 3.67. The molecule has 0 bridgehead atoms. The maximum absolute atomic E-state index is 8.43. The molecule has 1 aliphatic rings. The van der Waals surface area contributed by atoms with Crippen molar-refractivity contribution >= 4 is 23.5 Å². The molecule has 1 fully saturated rings. The molecule has 0 amide bonds. The summed E-state index contributed by atoms with van der Waals surface area (Å²) in [6.07, 6.45) is 4.08. The first kappa shape index (κ1) is 16.2. The third kappa shape index (κ3) is 5.68. The molecular weight excluding hydrogens is 300 g/mol. The molecule has 22 heavy (non-hydrogen) atoms. The van der Waals surface area contributed by atoms with Crippen molar-refractivity contribution in [2.24, 2.45) is 5.10 Å². The largest absolute Gasteiger partial charge is 0.479 e. The van der Waals surface area contributed by atoms with Crippen molar-refractivity contribution in [2.75, 3.05) is 19.8 Å². The zero-order valence-corrected chi connectivity index (χ0v) is 12.9. The minimum atomic E-state index is 0.0413. The van der Waals surface area contributed by atoms with Crippen LogP contribution in [0.3, 0.4) is 0 Å². The standard InChI is InChI=1S/C15H18N4O2S/c16-7-9-21-13-5-3-12(4-6-13)10-18-19-15(22)17-11-14-2-1-8-20-14/h3-6,10,14H,1-2,8-9,11H2,(H2,17,19,22)/b18-10-/t14-/m1/s1. The van der Waals surface area contributed by atoms with Gasteiger partial charge >= 0.3 is 0 Å². The summed E-state index contributed by atoms with van der Waals surface area (Å²) in [5.74, 6) is 0.653. The number of nitrogens with zero attached hydrogens (tertiary/aromatic N) is 2. The molecule has 1 atom stereocenters. The number of nitrogens with one attached hydrogen (secondary N) is 2. The number of hydrazone groups is 1. The van der Waals surface area contributed by atoms with E-state index >= 15 is 0 Å². The van der Waals surface area contributed by atoms with E-state index in [2.05, 4.69) is 15.8 Å². The zero-order chi connectivity index (χ0) is 15.6. The second-order valence-electron chi connectivity index (χ2n) is 4.73. The summed E-state index contributed by atoms with van der Waals surface area (Å²) >= 11 is 5.13. The molecule has 2 rings (SSSR count). The highest BCUT2D eigenvalue weighted by molar-refractivity contribution is 7.80. The summed E-state index contributed by atoms with van der Waals surface area (Å²) in [6, 6.07) is 9.19. The number of hydrogen-bond acceptors (Lipinski definition) is 5. The maximum atomic E-state index is 8.43. The van der Waals surface area contributed by atoms with E-state index in [0.29, 0.717) is 17.4 Å². The number of thiocarbonyl (C=S) groups is 1. The van der Waals surface area contributed by atoms with Crippen LogP contribution in [0.15, 0.2) is 29.4 Å². The van der Waals surface area contributed by atoms with Crippen LogP contribution in [0.5, 0.6) is 5.75 Å². The number of rotatable bonds is 6. The third-order valence-electron chi connectivity index (χ3n) is 3.08. The summed E-state index contributed by atoms with van der Waals surface area (Å²) in [4.78, 5) is 0. The highest BCUT2D eigenvalue weighted by Gasteiger charge is 2.14. The van der Waals surface area contributed by atoms with Gasteiger partial charge in [-0.05, 0) is 54.9 Å². The van der Waals surface area contributed by atoms with Crippen molar-refractivity contribution in [3.8, 4) is 11.8 Å². The molecule has 0 aliphatic carbocycles. The second kappa shape index (κ2) is 8.97. The van der Waals surface area contributed by atoms with E-state index in [4.69, 9.17) is 27.0 Å². The van der Waals surface area contributed by atoms with Crippen LogP contribution in [-0.4, -0.2) is 37.2 Å². The van der Waals surface area contributed by atoms with Crippen molar-refractivity contribution in [3.63, 3.8) is 0 Å². The van der Waals surface area contributed by atoms with E-state index in [1.54, 1.807) is 18.3 Å². The number of benzene rings is 1. The molecule has 1 heterocycles. The minimum absolute atomic E-state index is 0.0413. The van der Waals surface area contributed by atoms with Gasteiger partial charge in [-0.15, -0.1) is 0 Å². The van der Waals surface area contributed by atoms with Crippen LogP contribution in [0.2, 0.25) is 0 Å². The smallest absolute Gasteiger partial charge is 0.187 e. The lowest BCUT2D eigenvalue weighted by atomic mass is 10.2. The van der Waals surface area contributed by atoms with Gasteiger partial charge in [0.1, 0.15) is 11.8 Å². The fourth-order valence-electron chi connectivity index (χ4n) is 1.98. The molecule has 6 nitrogen and oxygen atoms in total. The van der Waals surface area contributed by atoms with E-state index < -0.39 is 0 Å². The lowest BCUT2D eigenvalue weighted by Gasteiger charge is -2.11. The van der Waals surface area contributed by atoms with Gasteiger partial charge in [0.2, 0.25) is 0 Å². The average molecular weight is 318 g/mol. The molecule has 0 aromatic heterocycles. The van der Waals surface area contributed by atoms with E-state index in [1.807, 2.05) is 18.2 Å². The Morgan fingerprint density at radius 3 is 3.00 bits per heavy atom. The van der Waals surface area contributed by atoms with Gasteiger partial charge in [0, 0.05) is 13.2 Å². The van der Waals surface area contributed by atoms with E-state index in [-0.39, 0.29) is 12.7 Å².